The third-order valence-corrected chi connectivity index (χ3v) is 26.5. The molecule has 11 rings (SSSR count). The SMILES string of the molecule is CC(=O)O[C@H]1CC2[C@](C)(CC[C@H](O[Si](F)(C(C)(C)C)C(C)(C)C)[C@@]2(C)CO)C2[C@@H](O)c3c(cc(-c4cccnc4)oc3=O)O[C@@]21C.CC(=O)O[C@H]1CC[C@@]2(C)C(C[C@H](OC(C)=O)[C@@]3(C)Oc4cc(-c5cccnc5)oc(=O)c4[C@H](O)C23)[C@]1(C)COC(=O)c1ccccc1. The molecule has 6 aliphatic rings. The summed E-state index contributed by atoms with van der Waals surface area (Å²) in [5.74, 6) is -3.68. The Balaban J connectivity index is 0.000000203. The van der Waals surface area contributed by atoms with Crippen LogP contribution in [0.25, 0.3) is 22.6 Å². The predicted octanol–water partition coefficient (Wildman–Crippen LogP) is 11.7. The van der Waals surface area contributed by atoms with Crippen LogP contribution in [0.15, 0.2) is 110 Å². The van der Waals surface area contributed by atoms with Gasteiger partial charge in [0.15, 0.2) is 0 Å². The average molecular weight is 1310 g/mol. The van der Waals surface area contributed by atoms with Gasteiger partial charge in [0.05, 0.1) is 30.5 Å². The summed E-state index contributed by atoms with van der Waals surface area (Å²) in [5.41, 5.74) is -6.00. The van der Waals surface area contributed by atoms with E-state index in [1.54, 1.807) is 98.4 Å². The molecule has 0 amide bonds. The van der Waals surface area contributed by atoms with Gasteiger partial charge in [0.25, 0.3) is 0 Å². The highest BCUT2D eigenvalue weighted by Gasteiger charge is 2.73. The lowest BCUT2D eigenvalue weighted by Crippen LogP contribution is -2.72. The van der Waals surface area contributed by atoms with Crippen molar-refractivity contribution in [2.24, 2.45) is 45.3 Å². The van der Waals surface area contributed by atoms with Crippen molar-refractivity contribution in [3.63, 3.8) is 0 Å². The summed E-state index contributed by atoms with van der Waals surface area (Å²) in [6, 6.07) is 18.6. The number of aromatic nitrogens is 2. The molecule has 0 bridgehead atoms. The zero-order chi connectivity index (χ0) is 68.0. The van der Waals surface area contributed by atoms with E-state index in [4.69, 9.17) is 41.7 Å². The molecule has 93 heavy (non-hydrogen) atoms. The monoisotopic (exact) mass is 1300 g/mol. The van der Waals surface area contributed by atoms with Gasteiger partial charge in [-0.25, -0.2) is 14.4 Å². The van der Waals surface area contributed by atoms with Crippen molar-refractivity contribution >= 4 is 32.5 Å². The Bertz CT molecular complexity index is 3750. The molecule has 16 atom stereocenters. The van der Waals surface area contributed by atoms with E-state index in [-0.39, 0.29) is 60.2 Å². The lowest BCUT2D eigenvalue weighted by Gasteiger charge is -2.67. The van der Waals surface area contributed by atoms with Gasteiger partial charge < -0.3 is 57.0 Å². The Morgan fingerprint density at radius 1 is 0.613 bits per heavy atom. The number of rotatable bonds is 11. The number of aliphatic hydroxyl groups excluding tert-OH is 3. The predicted molar refractivity (Wildman–Crippen MR) is 340 cm³/mol. The first-order valence-corrected chi connectivity index (χ1v) is 33.8. The maximum absolute atomic E-state index is 17.3. The first-order valence-electron chi connectivity index (χ1n) is 32.0. The normalized spacial score (nSPS) is 33.5. The molecule has 1 aromatic carbocycles. The smallest absolute Gasteiger partial charge is 0.394 e. The maximum Gasteiger partial charge on any atom is 0.394 e. The summed E-state index contributed by atoms with van der Waals surface area (Å²) >= 11 is 0. The molecule has 0 spiro atoms. The van der Waals surface area contributed by atoms with E-state index in [9.17, 15) is 44.1 Å². The van der Waals surface area contributed by atoms with Crippen molar-refractivity contribution in [2.75, 3.05) is 13.2 Å². The van der Waals surface area contributed by atoms with E-state index < -0.39 is 147 Å². The highest BCUT2D eigenvalue weighted by atomic mass is 28.4. The summed E-state index contributed by atoms with van der Waals surface area (Å²) in [4.78, 5) is 85.9. The first-order chi connectivity index (χ1) is 43.4. The zero-order valence-corrected chi connectivity index (χ0v) is 56.8. The quantitative estimate of drug-likeness (QED) is 0.0479. The number of benzene rings is 1. The standard InChI is InChI=1S/C36H39NO10.C35H50FNO8Si/c1-20(38)44-27-13-14-34(3)26(35(27,4)19-43-32(41)22-10-7-6-8-11-22)17-28(45-21(2)39)36(5)31(34)30(40)29-25(47-36)16-24(46-33(29)42)23-12-9-15-37-18-23;1-20(39)42-26-17-24-33(8,14-13-25(34(24,9)19-38)45-46(36,31(2,3)4)32(5,6)7)29-28(40)27-23(44-35(26,29)10)16-22(43-30(27)41)21-12-11-15-37-18-21/h6-12,15-16,18,26-28,30-31,40H,13-14,17,19H2,1-5H3;11-12,15-16,18,24-26,28-29,38,40H,13-14,17,19H2,1-10H3/t26?,27-,28-,30-,31?,34-,35-,36+;24?,25-,26-,28-,29?,33-,34-,35+/m00/s1. The molecule has 20 nitrogen and oxygen atoms in total. The Morgan fingerprint density at radius 3 is 1.43 bits per heavy atom. The molecule has 4 unspecified atom stereocenters. The number of esters is 4. The van der Waals surface area contributed by atoms with Crippen molar-refractivity contribution < 1.29 is 80.3 Å². The van der Waals surface area contributed by atoms with Crippen molar-refractivity contribution in [3.8, 4) is 34.1 Å². The Labute approximate surface area is 542 Å². The molecular weight excluding hydrogens is 1220 g/mol. The van der Waals surface area contributed by atoms with Crippen LogP contribution in [0, 0.1) is 45.3 Å². The van der Waals surface area contributed by atoms with Gasteiger partial charge in [-0.15, -0.1) is 0 Å². The maximum atomic E-state index is 17.3. The minimum absolute atomic E-state index is 0.00159. The highest BCUT2D eigenvalue weighted by Crippen LogP contribution is 2.70. The number of pyridine rings is 2. The molecule has 3 N–H and O–H groups in total. The summed E-state index contributed by atoms with van der Waals surface area (Å²) in [6.45, 7) is 26.2. The van der Waals surface area contributed by atoms with Crippen molar-refractivity contribution in [3.05, 3.63) is 129 Å². The molecule has 22 heteroatoms. The van der Waals surface area contributed by atoms with Gasteiger partial charge in [-0.05, 0) is 111 Å². The fourth-order valence-corrected chi connectivity index (χ4v) is 21.7. The van der Waals surface area contributed by atoms with Gasteiger partial charge in [-0.2, -0.15) is 0 Å². The lowest BCUT2D eigenvalue weighted by molar-refractivity contribution is -0.269. The van der Waals surface area contributed by atoms with Crippen LogP contribution in [0.5, 0.6) is 11.5 Å². The Hall–Kier alpha value is -7.11. The van der Waals surface area contributed by atoms with Crippen LogP contribution >= 0.6 is 0 Å². The van der Waals surface area contributed by atoms with Gasteiger partial charge in [-0.3, -0.25) is 28.5 Å². The number of hydrogen-bond acceptors (Lipinski definition) is 20. The third kappa shape index (κ3) is 11.7. The number of carbonyl (C=O) groups is 4. The van der Waals surface area contributed by atoms with E-state index in [1.165, 1.54) is 20.8 Å². The van der Waals surface area contributed by atoms with E-state index in [1.807, 2.05) is 76.2 Å². The number of ether oxygens (including phenoxy) is 6. The van der Waals surface area contributed by atoms with Crippen LogP contribution in [0.4, 0.5) is 4.11 Å². The number of nitrogens with zero attached hydrogens (tertiary/aromatic N) is 2. The van der Waals surface area contributed by atoms with E-state index in [2.05, 4.69) is 9.97 Å². The van der Waals surface area contributed by atoms with Crippen molar-refractivity contribution in [1.82, 2.24) is 9.97 Å². The molecule has 5 aromatic rings. The highest BCUT2D eigenvalue weighted by molar-refractivity contribution is 6.72. The van der Waals surface area contributed by atoms with E-state index >= 15 is 4.11 Å². The summed E-state index contributed by atoms with van der Waals surface area (Å²) in [5, 5.41) is 34.1. The van der Waals surface area contributed by atoms with Crippen molar-refractivity contribution in [1.29, 1.82) is 0 Å². The van der Waals surface area contributed by atoms with Gasteiger partial charge in [0.2, 0.25) is 0 Å². The van der Waals surface area contributed by atoms with Crippen LogP contribution in [-0.2, 0) is 37.8 Å². The number of hydrogen-bond donors (Lipinski definition) is 3. The molecule has 4 fully saturated rings. The second-order valence-corrected chi connectivity index (χ2v) is 34.5. The van der Waals surface area contributed by atoms with Gasteiger partial charge in [0.1, 0.15) is 70.3 Å². The third-order valence-electron chi connectivity index (χ3n) is 22.1. The molecule has 0 radical (unpaired) electrons. The van der Waals surface area contributed by atoms with E-state index in [0.717, 1.165) is 0 Å². The fourth-order valence-electron chi connectivity index (χ4n) is 17.9. The van der Waals surface area contributed by atoms with Crippen LogP contribution in [0.1, 0.15) is 176 Å². The van der Waals surface area contributed by atoms with Gasteiger partial charge in [0, 0.05) is 102 Å². The minimum atomic E-state index is -3.95. The summed E-state index contributed by atoms with van der Waals surface area (Å²) in [7, 11) is -3.95. The average Bonchev–Trinajstić information content (AvgIpc) is 0.691. The van der Waals surface area contributed by atoms with Crippen LogP contribution in [-0.4, -0.2) is 107 Å². The second-order valence-electron chi connectivity index (χ2n) is 30.0. The van der Waals surface area contributed by atoms with Crippen LogP contribution in [0.2, 0.25) is 10.1 Å². The minimum Gasteiger partial charge on any atom is -0.482 e. The molecule has 6 heterocycles. The van der Waals surface area contributed by atoms with E-state index in [0.29, 0.717) is 42.4 Å². The number of aliphatic hydroxyl groups is 3. The number of halogens is 1. The largest absolute Gasteiger partial charge is 0.482 e. The molecule has 4 saturated carbocycles. The molecule has 4 aliphatic carbocycles. The molecule has 502 valence electrons. The van der Waals surface area contributed by atoms with Gasteiger partial charge >= 0.3 is 43.8 Å². The first kappa shape index (κ1) is 68.7. The molecule has 2 aliphatic heterocycles. The Kier molecular flexibility index (Phi) is 18.2. The zero-order valence-electron chi connectivity index (χ0n) is 55.8. The Morgan fingerprint density at radius 2 is 1.03 bits per heavy atom. The van der Waals surface area contributed by atoms with Crippen LogP contribution in [0.3, 0.4) is 0 Å². The number of carbonyl (C=O) groups excluding carboxylic acids is 4. The lowest BCUT2D eigenvalue weighted by atomic mass is 9.42. The second kappa shape index (κ2) is 24.6. The fraction of sp³-hybridized carbons (Fsp3) is 0.577. The summed E-state index contributed by atoms with van der Waals surface area (Å²) < 4.78 is 72.4. The topological polar surface area (TPSA) is 280 Å². The van der Waals surface area contributed by atoms with Gasteiger partial charge in [-0.1, -0.05) is 87.4 Å². The number of fused-ring (bicyclic) bond motifs is 8. The molecule has 4 aromatic heterocycles. The summed E-state index contributed by atoms with van der Waals surface area (Å²) in [6.07, 6.45) is 2.92. The molecular formula is C71H89FN2O18Si. The van der Waals surface area contributed by atoms with Crippen molar-refractivity contribution in [2.45, 2.75) is 200 Å². The van der Waals surface area contributed by atoms with Crippen LogP contribution < -0.4 is 20.7 Å². The molecule has 0 saturated heterocycles.